The van der Waals surface area contributed by atoms with Crippen LogP contribution in [0.1, 0.15) is 17.2 Å². The van der Waals surface area contributed by atoms with Crippen molar-refractivity contribution in [3.05, 3.63) is 59.7 Å². The Morgan fingerprint density at radius 3 is 2.52 bits per heavy atom. The number of benzene rings is 2. The third-order valence-electron chi connectivity index (χ3n) is 3.42. The Hall–Kier alpha value is -1.10. The van der Waals surface area contributed by atoms with Crippen molar-refractivity contribution in [2.24, 2.45) is 0 Å². The SMILES string of the molecule is C[SiH2]OC(CI)c1ccc(OCc2ccccc2)c(NS(C)(=O)=O)c1. The molecule has 1 N–H and O–H groups in total. The van der Waals surface area contributed by atoms with E-state index >= 15 is 0 Å². The van der Waals surface area contributed by atoms with Gasteiger partial charge in [-0.1, -0.05) is 65.5 Å². The van der Waals surface area contributed by atoms with E-state index in [1.54, 1.807) is 12.1 Å². The smallest absolute Gasteiger partial charge is 0.229 e. The van der Waals surface area contributed by atoms with Crippen LogP contribution in [0.5, 0.6) is 5.75 Å². The van der Waals surface area contributed by atoms with E-state index in [9.17, 15) is 8.42 Å². The number of nitrogens with one attached hydrogen (secondary N) is 1. The van der Waals surface area contributed by atoms with Gasteiger partial charge in [-0.3, -0.25) is 4.72 Å². The fourth-order valence-corrected chi connectivity index (χ4v) is 4.83. The summed E-state index contributed by atoms with van der Waals surface area (Å²) >= 11 is 2.28. The molecule has 1 atom stereocenters. The molecule has 0 saturated heterocycles. The lowest BCUT2D eigenvalue weighted by molar-refractivity contribution is 0.249. The standard InChI is InChI=1S/C17H22INO4SSi/c1-24(20,21)19-15-10-14(17(11-18)23-25-2)8-9-16(15)22-12-13-6-4-3-5-7-13/h3-10,17,19H,11-12,25H2,1-2H3. The summed E-state index contributed by atoms with van der Waals surface area (Å²) in [5.41, 5.74) is 2.40. The van der Waals surface area contributed by atoms with E-state index in [4.69, 9.17) is 9.16 Å². The first kappa shape index (κ1) is 20.2. The van der Waals surface area contributed by atoms with Crippen LogP contribution in [0.2, 0.25) is 6.55 Å². The van der Waals surface area contributed by atoms with E-state index in [2.05, 4.69) is 33.9 Å². The second-order valence-corrected chi connectivity index (χ2v) is 9.04. The van der Waals surface area contributed by atoms with Crippen LogP contribution < -0.4 is 9.46 Å². The molecule has 25 heavy (non-hydrogen) atoms. The van der Waals surface area contributed by atoms with E-state index in [1.165, 1.54) is 0 Å². The highest BCUT2D eigenvalue weighted by molar-refractivity contribution is 14.1. The molecule has 5 nitrogen and oxygen atoms in total. The Balaban J connectivity index is 2.27. The summed E-state index contributed by atoms with van der Waals surface area (Å²) in [4.78, 5) is 0. The molecule has 0 heterocycles. The van der Waals surface area contributed by atoms with E-state index < -0.39 is 19.8 Å². The molecule has 0 aliphatic heterocycles. The fraction of sp³-hybridized carbons (Fsp3) is 0.294. The van der Waals surface area contributed by atoms with Gasteiger partial charge in [0, 0.05) is 4.43 Å². The van der Waals surface area contributed by atoms with Crippen LogP contribution in [-0.2, 0) is 21.1 Å². The van der Waals surface area contributed by atoms with Gasteiger partial charge in [0.2, 0.25) is 10.0 Å². The Morgan fingerprint density at radius 2 is 1.92 bits per heavy atom. The van der Waals surface area contributed by atoms with Gasteiger partial charge in [0.25, 0.3) is 0 Å². The number of hydrogen-bond acceptors (Lipinski definition) is 4. The predicted molar refractivity (Wildman–Crippen MR) is 113 cm³/mol. The van der Waals surface area contributed by atoms with Crippen molar-refractivity contribution in [2.75, 3.05) is 15.4 Å². The maximum Gasteiger partial charge on any atom is 0.229 e. The lowest BCUT2D eigenvalue weighted by Gasteiger charge is -2.19. The molecule has 0 fully saturated rings. The van der Waals surface area contributed by atoms with Crippen molar-refractivity contribution in [1.29, 1.82) is 0 Å². The van der Waals surface area contributed by atoms with Crippen molar-refractivity contribution in [3.63, 3.8) is 0 Å². The molecule has 1 unspecified atom stereocenters. The molecule has 2 aromatic carbocycles. The number of hydrogen-bond donors (Lipinski definition) is 1. The second-order valence-electron chi connectivity index (χ2n) is 5.50. The molecule has 0 aliphatic carbocycles. The minimum absolute atomic E-state index is 0.0273. The number of anilines is 1. The predicted octanol–water partition coefficient (Wildman–Crippen LogP) is 3.26. The fourth-order valence-electron chi connectivity index (χ4n) is 2.32. The minimum atomic E-state index is -3.41. The number of ether oxygens (including phenoxy) is 1. The van der Waals surface area contributed by atoms with Gasteiger partial charge in [0.15, 0.2) is 9.76 Å². The molecule has 0 radical (unpaired) electrons. The van der Waals surface area contributed by atoms with Gasteiger partial charge < -0.3 is 9.16 Å². The normalized spacial score (nSPS) is 13.1. The maximum atomic E-state index is 11.7. The van der Waals surface area contributed by atoms with Crippen LogP contribution in [0.4, 0.5) is 5.69 Å². The van der Waals surface area contributed by atoms with Crippen LogP contribution >= 0.6 is 22.6 Å². The molecular weight excluding hydrogens is 469 g/mol. The molecule has 0 aliphatic rings. The van der Waals surface area contributed by atoms with Crippen LogP contribution in [0, 0.1) is 0 Å². The molecule has 136 valence electrons. The summed E-state index contributed by atoms with van der Waals surface area (Å²) < 4.78 is 38.5. The van der Waals surface area contributed by atoms with Crippen LogP contribution in [0.25, 0.3) is 0 Å². The van der Waals surface area contributed by atoms with Gasteiger partial charge >= 0.3 is 0 Å². The van der Waals surface area contributed by atoms with E-state index in [0.717, 1.165) is 21.8 Å². The zero-order valence-corrected chi connectivity index (χ0v) is 18.6. The highest BCUT2D eigenvalue weighted by Gasteiger charge is 2.15. The third kappa shape index (κ3) is 6.61. The molecule has 0 aromatic heterocycles. The van der Waals surface area contributed by atoms with Crippen molar-refractivity contribution in [1.82, 2.24) is 0 Å². The third-order valence-corrected chi connectivity index (χ3v) is 5.54. The van der Waals surface area contributed by atoms with E-state index in [-0.39, 0.29) is 6.10 Å². The number of rotatable bonds is 9. The van der Waals surface area contributed by atoms with Gasteiger partial charge in [-0.05, 0) is 23.3 Å². The summed E-state index contributed by atoms with van der Waals surface area (Å²) in [6, 6.07) is 15.3. The average molecular weight is 491 g/mol. The monoisotopic (exact) mass is 491 g/mol. The van der Waals surface area contributed by atoms with Crippen molar-refractivity contribution < 1.29 is 17.6 Å². The maximum absolute atomic E-state index is 11.7. The largest absolute Gasteiger partial charge is 0.487 e. The molecule has 0 saturated carbocycles. The lowest BCUT2D eigenvalue weighted by Crippen LogP contribution is -2.13. The van der Waals surface area contributed by atoms with Crippen LogP contribution in [-0.4, -0.2) is 28.9 Å². The summed E-state index contributed by atoms with van der Waals surface area (Å²) in [7, 11) is -3.97. The molecular formula is C17H22INO4SSi. The minimum Gasteiger partial charge on any atom is -0.487 e. The average Bonchev–Trinajstić information content (AvgIpc) is 2.58. The van der Waals surface area contributed by atoms with Crippen molar-refractivity contribution >= 4 is 48.1 Å². The first-order valence-electron chi connectivity index (χ1n) is 7.89. The van der Waals surface area contributed by atoms with E-state index in [0.29, 0.717) is 18.0 Å². The van der Waals surface area contributed by atoms with Crippen molar-refractivity contribution in [3.8, 4) is 5.75 Å². The summed E-state index contributed by atoms with van der Waals surface area (Å²) in [6.45, 7) is 2.44. The highest BCUT2D eigenvalue weighted by atomic mass is 127. The first-order chi connectivity index (χ1) is 11.9. The lowest BCUT2D eigenvalue weighted by atomic mass is 10.1. The Kier molecular flexibility index (Phi) is 7.72. The van der Waals surface area contributed by atoms with Gasteiger partial charge in [-0.2, -0.15) is 0 Å². The molecule has 8 heteroatoms. The number of sulfonamides is 1. The van der Waals surface area contributed by atoms with Crippen molar-refractivity contribution in [2.45, 2.75) is 19.3 Å². The number of alkyl halides is 1. The summed E-state index contributed by atoms with van der Waals surface area (Å²) in [5.74, 6) is 0.499. The highest BCUT2D eigenvalue weighted by Crippen LogP contribution is 2.31. The molecule has 0 bridgehead atoms. The Bertz CT molecular complexity index is 786. The second kappa shape index (κ2) is 9.55. The van der Waals surface area contributed by atoms with Crippen LogP contribution in [0.15, 0.2) is 48.5 Å². The molecule has 2 aromatic rings. The number of halogens is 1. The van der Waals surface area contributed by atoms with Gasteiger partial charge in [-0.15, -0.1) is 0 Å². The summed E-state index contributed by atoms with van der Waals surface area (Å²) in [5, 5.41) is 0. The zero-order chi connectivity index (χ0) is 18.3. The summed E-state index contributed by atoms with van der Waals surface area (Å²) in [6.07, 6.45) is 1.10. The van der Waals surface area contributed by atoms with Gasteiger partial charge in [0.1, 0.15) is 12.4 Å². The zero-order valence-electron chi connectivity index (χ0n) is 14.2. The molecule has 0 spiro atoms. The Morgan fingerprint density at radius 1 is 1.20 bits per heavy atom. The first-order valence-corrected chi connectivity index (χ1v) is 13.3. The van der Waals surface area contributed by atoms with E-state index in [1.807, 2.05) is 36.4 Å². The quantitative estimate of drug-likeness (QED) is 0.332. The van der Waals surface area contributed by atoms with Crippen LogP contribution in [0.3, 0.4) is 0 Å². The Labute approximate surface area is 165 Å². The molecule has 0 amide bonds. The molecule has 2 rings (SSSR count). The topological polar surface area (TPSA) is 64.6 Å². The van der Waals surface area contributed by atoms with Gasteiger partial charge in [0.05, 0.1) is 18.0 Å². The van der Waals surface area contributed by atoms with Gasteiger partial charge in [-0.25, -0.2) is 8.42 Å².